The van der Waals surface area contributed by atoms with E-state index in [0.29, 0.717) is 11.1 Å². The zero-order valence-electron chi connectivity index (χ0n) is 12.2. The van der Waals surface area contributed by atoms with Gasteiger partial charge < -0.3 is 4.42 Å². The normalized spacial score (nSPS) is 10.5. The molecule has 0 unspecified atom stereocenters. The maximum atomic E-state index is 12.2. The lowest BCUT2D eigenvalue weighted by atomic mass is 10.1. The molecule has 23 heavy (non-hydrogen) atoms. The Morgan fingerprint density at radius 3 is 2.35 bits per heavy atom. The van der Waals surface area contributed by atoms with Crippen LogP contribution in [-0.2, 0) is 0 Å². The molecule has 1 aromatic heterocycles. The van der Waals surface area contributed by atoms with Crippen molar-refractivity contribution in [2.45, 2.75) is 6.92 Å². The quantitative estimate of drug-likeness (QED) is 0.493. The summed E-state index contributed by atoms with van der Waals surface area (Å²) in [6.45, 7) is 1.81. The molecule has 2 N–H and O–H groups in total. The van der Waals surface area contributed by atoms with Crippen molar-refractivity contribution < 1.29 is 14.0 Å². The van der Waals surface area contributed by atoms with Crippen LogP contribution < -0.4 is 10.9 Å². The van der Waals surface area contributed by atoms with Crippen molar-refractivity contribution in [3.8, 4) is 0 Å². The van der Waals surface area contributed by atoms with Crippen molar-refractivity contribution >= 4 is 45.4 Å². The van der Waals surface area contributed by atoms with Crippen molar-refractivity contribution in [2.24, 2.45) is 0 Å². The van der Waals surface area contributed by atoms with Crippen LogP contribution in [0.1, 0.15) is 26.5 Å². The monoisotopic (exact) mass is 420 g/mol. The van der Waals surface area contributed by atoms with E-state index in [1.54, 1.807) is 18.2 Å². The Balaban J connectivity index is 1.75. The topological polar surface area (TPSA) is 71.3 Å². The van der Waals surface area contributed by atoms with E-state index in [1.165, 1.54) is 0 Å². The fraction of sp³-hybridized carbons (Fsp3) is 0.0588. The maximum absolute atomic E-state index is 12.2. The van der Waals surface area contributed by atoms with Gasteiger partial charge in [0.05, 0.1) is 5.56 Å². The van der Waals surface area contributed by atoms with Gasteiger partial charge in [0, 0.05) is 14.5 Å². The number of furan rings is 1. The van der Waals surface area contributed by atoms with E-state index in [4.69, 9.17) is 4.42 Å². The van der Waals surface area contributed by atoms with E-state index in [1.807, 2.05) is 37.3 Å². The van der Waals surface area contributed by atoms with Crippen LogP contribution in [0.25, 0.3) is 11.0 Å². The zero-order valence-corrected chi connectivity index (χ0v) is 14.4. The van der Waals surface area contributed by atoms with Gasteiger partial charge in [0.15, 0.2) is 5.76 Å². The molecular weight excluding hydrogens is 407 g/mol. The summed E-state index contributed by atoms with van der Waals surface area (Å²) in [6.07, 6.45) is 0. The molecule has 2 aromatic carbocycles. The van der Waals surface area contributed by atoms with Gasteiger partial charge in [-0.1, -0.05) is 30.3 Å². The Hall–Kier alpha value is -2.35. The fourth-order valence-electron chi connectivity index (χ4n) is 2.27. The molecule has 0 aliphatic carbocycles. The summed E-state index contributed by atoms with van der Waals surface area (Å²) in [5.41, 5.74) is 6.67. The van der Waals surface area contributed by atoms with Crippen LogP contribution in [0.5, 0.6) is 0 Å². The van der Waals surface area contributed by atoms with Gasteiger partial charge >= 0.3 is 5.91 Å². The second kappa shape index (κ2) is 6.41. The molecule has 0 aliphatic heterocycles. The molecular formula is C17H13IN2O3. The Bertz CT molecular complexity index is 902. The Labute approximate surface area is 146 Å². The van der Waals surface area contributed by atoms with Crippen molar-refractivity contribution in [1.29, 1.82) is 0 Å². The molecule has 0 radical (unpaired) electrons. The number of hydrogen-bond donors (Lipinski definition) is 2. The van der Waals surface area contributed by atoms with Crippen LogP contribution in [0.3, 0.4) is 0 Å². The minimum atomic E-state index is -0.488. The summed E-state index contributed by atoms with van der Waals surface area (Å²) in [5, 5.41) is 0.876. The number of rotatable bonds is 2. The maximum Gasteiger partial charge on any atom is 0.305 e. The summed E-state index contributed by atoms with van der Waals surface area (Å²) in [6, 6.07) is 14.5. The predicted octanol–water partition coefficient (Wildman–Crippen LogP) is 3.42. The zero-order chi connectivity index (χ0) is 16.4. The third kappa shape index (κ3) is 3.07. The number of hydrazine groups is 1. The number of para-hydroxylation sites is 1. The van der Waals surface area contributed by atoms with E-state index in [-0.39, 0.29) is 11.7 Å². The van der Waals surface area contributed by atoms with Gasteiger partial charge in [-0.05, 0) is 47.7 Å². The predicted molar refractivity (Wildman–Crippen MR) is 95.0 cm³/mol. The van der Waals surface area contributed by atoms with Crippen molar-refractivity contribution in [3.05, 3.63) is 69.0 Å². The Morgan fingerprint density at radius 2 is 1.61 bits per heavy atom. The average Bonchev–Trinajstić information content (AvgIpc) is 2.90. The molecule has 0 bridgehead atoms. The molecule has 5 nitrogen and oxygen atoms in total. The molecule has 0 fully saturated rings. The number of halogens is 1. The third-order valence-electron chi connectivity index (χ3n) is 3.46. The lowest BCUT2D eigenvalue weighted by Crippen LogP contribution is -2.42. The lowest BCUT2D eigenvalue weighted by molar-refractivity contribution is 0.0831. The molecule has 3 rings (SSSR count). The molecule has 0 aliphatic rings. The highest BCUT2D eigenvalue weighted by molar-refractivity contribution is 14.1. The molecule has 116 valence electrons. The highest BCUT2D eigenvalue weighted by atomic mass is 127. The van der Waals surface area contributed by atoms with E-state index in [9.17, 15) is 9.59 Å². The van der Waals surface area contributed by atoms with E-state index in [0.717, 1.165) is 14.5 Å². The fourth-order valence-corrected chi connectivity index (χ4v) is 2.91. The van der Waals surface area contributed by atoms with Crippen LogP contribution in [0.4, 0.5) is 0 Å². The number of nitrogens with one attached hydrogen (secondary N) is 2. The first-order valence-corrected chi connectivity index (χ1v) is 7.99. The van der Waals surface area contributed by atoms with Crippen LogP contribution in [0.2, 0.25) is 0 Å². The van der Waals surface area contributed by atoms with Crippen LogP contribution >= 0.6 is 22.6 Å². The van der Waals surface area contributed by atoms with Gasteiger partial charge in [0.1, 0.15) is 5.58 Å². The Morgan fingerprint density at radius 1 is 0.957 bits per heavy atom. The van der Waals surface area contributed by atoms with Crippen LogP contribution in [-0.4, -0.2) is 11.8 Å². The largest absolute Gasteiger partial charge is 0.451 e. The SMILES string of the molecule is Cc1c(C(=O)NNC(=O)c2ccccc2I)oc2ccccc12. The first-order valence-electron chi connectivity index (χ1n) is 6.91. The second-order valence-corrected chi connectivity index (χ2v) is 6.10. The van der Waals surface area contributed by atoms with Gasteiger partial charge in [-0.2, -0.15) is 0 Å². The summed E-state index contributed by atoms with van der Waals surface area (Å²) in [7, 11) is 0. The number of aryl methyl sites for hydroxylation is 1. The Kier molecular flexibility index (Phi) is 4.33. The molecule has 0 spiro atoms. The molecule has 0 saturated heterocycles. The molecule has 1 heterocycles. The van der Waals surface area contributed by atoms with E-state index < -0.39 is 5.91 Å². The molecule has 0 atom stereocenters. The first kappa shape index (κ1) is 15.5. The average molecular weight is 420 g/mol. The molecule has 0 saturated carbocycles. The first-order chi connectivity index (χ1) is 11.1. The van der Waals surface area contributed by atoms with Gasteiger partial charge in [0.25, 0.3) is 5.91 Å². The number of benzene rings is 2. The second-order valence-electron chi connectivity index (χ2n) is 4.94. The number of hydrogen-bond acceptors (Lipinski definition) is 3. The summed E-state index contributed by atoms with van der Waals surface area (Å²) < 4.78 is 6.36. The van der Waals surface area contributed by atoms with Crippen molar-refractivity contribution in [1.82, 2.24) is 10.9 Å². The minimum absolute atomic E-state index is 0.189. The van der Waals surface area contributed by atoms with Gasteiger partial charge in [0.2, 0.25) is 0 Å². The summed E-state index contributed by atoms with van der Waals surface area (Å²) >= 11 is 2.07. The number of carbonyl (C=O) groups is 2. The highest BCUT2D eigenvalue weighted by Gasteiger charge is 2.18. The highest BCUT2D eigenvalue weighted by Crippen LogP contribution is 2.24. The smallest absolute Gasteiger partial charge is 0.305 e. The minimum Gasteiger partial charge on any atom is -0.451 e. The standard InChI is InChI=1S/C17H13IN2O3/c1-10-11-6-3-5-9-14(11)23-15(10)17(22)20-19-16(21)12-7-2-4-8-13(12)18/h2-9H,1H3,(H,19,21)(H,20,22). The van der Waals surface area contributed by atoms with E-state index in [2.05, 4.69) is 33.4 Å². The van der Waals surface area contributed by atoms with Gasteiger partial charge in [-0.15, -0.1) is 0 Å². The summed E-state index contributed by atoms with van der Waals surface area (Å²) in [4.78, 5) is 24.3. The lowest BCUT2D eigenvalue weighted by Gasteiger charge is -2.07. The molecule has 6 heteroatoms. The number of carbonyl (C=O) groups excluding carboxylic acids is 2. The number of amides is 2. The number of fused-ring (bicyclic) bond motifs is 1. The van der Waals surface area contributed by atoms with Crippen LogP contribution in [0.15, 0.2) is 52.9 Å². The van der Waals surface area contributed by atoms with Crippen molar-refractivity contribution in [2.75, 3.05) is 0 Å². The van der Waals surface area contributed by atoms with Crippen molar-refractivity contribution in [3.63, 3.8) is 0 Å². The van der Waals surface area contributed by atoms with Gasteiger partial charge in [-0.25, -0.2) is 0 Å². The van der Waals surface area contributed by atoms with Crippen LogP contribution in [0, 0.1) is 10.5 Å². The molecule has 3 aromatic rings. The molecule has 2 amide bonds. The summed E-state index contributed by atoms with van der Waals surface area (Å²) in [5.74, 6) is -0.677. The third-order valence-corrected chi connectivity index (χ3v) is 4.40. The van der Waals surface area contributed by atoms with E-state index >= 15 is 0 Å². The van der Waals surface area contributed by atoms with Gasteiger partial charge in [-0.3, -0.25) is 20.4 Å².